The van der Waals surface area contributed by atoms with Crippen LogP contribution >= 0.6 is 7.82 Å². The number of ether oxygens (including phenoxy) is 1. The number of aromatic nitrogens is 3. The maximum absolute atomic E-state index is 12.4. The highest BCUT2D eigenvalue weighted by Gasteiger charge is 2.21. The van der Waals surface area contributed by atoms with Crippen molar-refractivity contribution in [3.05, 3.63) is 59.9 Å². The van der Waals surface area contributed by atoms with E-state index >= 15 is 0 Å². The van der Waals surface area contributed by atoms with Gasteiger partial charge in [-0.3, -0.25) is 24.4 Å². The van der Waals surface area contributed by atoms with Crippen molar-refractivity contribution < 1.29 is 33.2 Å². The lowest BCUT2D eigenvalue weighted by Gasteiger charge is -2.14. The van der Waals surface area contributed by atoms with Gasteiger partial charge in [-0.2, -0.15) is 9.78 Å². The van der Waals surface area contributed by atoms with Crippen LogP contribution in [0.5, 0.6) is 11.5 Å². The van der Waals surface area contributed by atoms with Crippen molar-refractivity contribution in [2.45, 2.75) is 26.4 Å². The van der Waals surface area contributed by atoms with Crippen LogP contribution in [-0.2, 0) is 11.2 Å². The molecule has 11 heteroatoms. The molecule has 0 aliphatic rings. The lowest BCUT2D eigenvalue weighted by atomic mass is 10.1. The van der Waals surface area contributed by atoms with Crippen molar-refractivity contribution in [3.63, 3.8) is 0 Å². The van der Waals surface area contributed by atoms with Crippen molar-refractivity contribution in [2.75, 3.05) is 0 Å². The first-order valence-electron chi connectivity index (χ1n) is 9.31. The summed E-state index contributed by atoms with van der Waals surface area (Å²) in [5, 5.41) is 4.09. The molecule has 10 nitrogen and oxygen atoms in total. The van der Waals surface area contributed by atoms with Crippen LogP contribution < -0.4 is 9.26 Å². The van der Waals surface area contributed by atoms with Crippen molar-refractivity contribution >= 4 is 20.0 Å². The van der Waals surface area contributed by atoms with Gasteiger partial charge < -0.3 is 9.26 Å². The van der Waals surface area contributed by atoms with Gasteiger partial charge in [0.25, 0.3) is 0 Å². The molecule has 0 spiro atoms. The van der Waals surface area contributed by atoms with Gasteiger partial charge in [0.05, 0.1) is 23.1 Å². The van der Waals surface area contributed by atoms with Crippen LogP contribution in [0.3, 0.4) is 0 Å². The van der Waals surface area contributed by atoms with Gasteiger partial charge >= 0.3 is 7.82 Å². The van der Waals surface area contributed by atoms with Crippen molar-refractivity contribution in [1.82, 2.24) is 14.8 Å². The first-order valence-corrected chi connectivity index (χ1v) is 10.8. The smallest absolute Gasteiger partial charge is 0.488 e. The molecule has 0 bridgehead atoms. The molecule has 0 aliphatic heterocycles. The first-order chi connectivity index (χ1) is 14.8. The fourth-order valence-corrected chi connectivity index (χ4v) is 3.33. The topological polar surface area (TPSA) is 141 Å². The standard InChI is InChI=1S/C20H20N3O7P/c1-2-5-19(25)23-16(9-11-22-23)20-14(6-4-10-21-20)13-29-17-7-3-8-18(15(17)12-24)30-31(26,27)28/h3-4,6-12H,2,5,13H2,1H3,(H2,26,27,28). The number of phosphoric acid groups is 1. The molecule has 0 saturated heterocycles. The molecule has 0 fully saturated rings. The molecule has 31 heavy (non-hydrogen) atoms. The summed E-state index contributed by atoms with van der Waals surface area (Å²) in [6, 6.07) is 9.29. The number of carbonyl (C=O) groups is 2. The van der Waals surface area contributed by atoms with Gasteiger partial charge in [-0.05, 0) is 30.7 Å². The number of hydrogen-bond donors (Lipinski definition) is 2. The molecule has 2 aromatic heterocycles. The predicted molar refractivity (Wildman–Crippen MR) is 110 cm³/mol. The molecular weight excluding hydrogens is 425 g/mol. The Kier molecular flexibility index (Phi) is 6.96. The molecule has 2 N–H and O–H groups in total. The number of pyridine rings is 1. The maximum atomic E-state index is 12.4. The van der Waals surface area contributed by atoms with E-state index < -0.39 is 7.82 Å². The van der Waals surface area contributed by atoms with E-state index in [1.54, 1.807) is 24.4 Å². The quantitative estimate of drug-likeness (QED) is 0.375. The number of carbonyl (C=O) groups excluding carboxylic acids is 2. The van der Waals surface area contributed by atoms with Crippen molar-refractivity contribution in [1.29, 1.82) is 0 Å². The van der Waals surface area contributed by atoms with Gasteiger partial charge in [0.1, 0.15) is 18.1 Å². The van der Waals surface area contributed by atoms with Crippen molar-refractivity contribution in [2.24, 2.45) is 0 Å². The largest absolute Gasteiger partial charge is 0.524 e. The summed E-state index contributed by atoms with van der Waals surface area (Å²) in [4.78, 5) is 46.3. The molecule has 1 aromatic carbocycles. The lowest BCUT2D eigenvalue weighted by molar-refractivity contribution is 0.0887. The first kappa shape index (κ1) is 22.4. The SMILES string of the molecule is CCCC(=O)n1nccc1-c1ncccc1COc1cccc(OP(=O)(O)O)c1C=O. The molecule has 2 heterocycles. The molecule has 162 valence electrons. The zero-order chi connectivity index (χ0) is 22.4. The molecule has 0 atom stereocenters. The Morgan fingerprint density at radius 2 is 1.94 bits per heavy atom. The normalized spacial score (nSPS) is 11.2. The van der Waals surface area contributed by atoms with Crippen LogP contribution in [0, 0.1) is 0 Å². The Morgan fingerprint density at radius 3 is 2.65 bits per heavy atom. The Labute approximate surface area is 177 Å². The summed E-state index contributed by atoms with van der Waals surface area (Å²) in [5.41, 5.74) is 1.47. The number of hydrogen-bond acceptors (Lipinski definition) is 7. The monoisotopic (exact) mass is 445 g/mol. The summed E-state index contributed by atoms with van der Waals surface area (Å²) < 4.78 is 22.7. The average molecular weight is 445 g/mol. The highest BCUT2D eigenvalue weighted by atomic mass is 31.2. The Bertz CT molecular complexity index is 1140. The van der Waals surface area contributed by atoms with Crippen LogP contribution in [0.1, 0.15) is 40.5 Å². The van der Waals surface area contributed by atoms with Gasteiger partial charge in [0.2, 0.25) is 5.91 Å². The third-order valence-electron chi connectivity index (χ3n) is 4.22. The lowest BCUT2D eigenvalue weighted by Crippen LogP contribution is -2.14. The van der Waals surface area contributed by atoms with E-state index in [0.29, 0.717) is 36.1 Å². The summed E-state index contributed by atoms with van der Waals surface area (Å²) in [7, 11) is -4.85. The van der Waals surface area contributed by atoms with E-state index in [1.165, 1.54) is 29.1 Å². The predicted octanol–water partition coefficient (Wildman–Crippen LogP) is 3.25. The number of aldehydes is 1. The van der Waals surface area contributed by atoms with Crippen LogP contribution in [-0.4, -0.2) is 36.7 Å². The second kappa shape index (κ2) is 9.65. The zero-order valence-electron chi connectivity index (χ0n) is 16.5. The van der Waals surface area contributed by atoms with Crippen LogP contribution in [0.15, 0.2) is 48.8 Å². The number of rotatable bonds is 9. The summed E-state index contributed by atoms with van der Waals surface area (Å²) in [5.74, 6) is -0.382. The van der Waals surface area contributed by atoms with Gasteiger partial charge in [-0.1, -0.05) is 19.1 Å². The molecular formula is C20H20N3O7P. The van der Waals surface area contributed by atoms with Gasteiger partial charge in [-0.25, -0.2) is 4.57 Å². The molecule has 0 unspecified atom stereocenters. The molecule has 0 aliphatic carbocycles. The summed E-state index contributed by atoms with van der Waals surface area (Å²) in [6.45, 7) is 1.87. The van der Waals surface area contributed by atoms with E-state index in [2.05, 4.69) is 14.6 Å². The number of benzene rings is 1. The molecule has 3 aromatic rings. The summed E-state index contributed by atoms with van der Waals surface area (Å²) in [6.07, 6.45) is 4.49. The minimum atomic E-state index is -4.85. The van der Waals surface area contributed by atoms with Crippen LogP contribution in [0.4, 0.5) is 0 Å². The fraction of sp³-hybridized carbons (Fsp3) is 0.200. The second-order valence-corrected chi connectivity index (χ2v) is 7.60. The molecule has 0 radical (unpaired) electrons. The third kappa shape index (κ3) is 5.43. The highest BCUT2D eigenvalue weighted by Crippen LogP contribution is 2.41. The third-order valence-corrected chi connectivity index (χ3v) is 4.66. The number of nitrogens with zero attached hydrogens (tertiary/aromatic N) is 3. The Balaban J connectivity index is 1.90. The van der Waals surface area contributed by atoms with E-state index in [4.69, 9.17) is 14.5 Å². The zero-order valence-corrected chi connectivity index (χ0v) is 17.4. The minimum absolute atomic E-state index is 0.0312. The molecule has 3 rings (SSSR count). The highest BCUT2D eigenvalue weighted by molar-refractivity contribution is 7.46. The van der Waals surface area contributed by atoms with Crippen LogP contribution in [0.2, 0.25) is 0 Å². The van der Waals surface area contributed by atoms with E-state index in [-0.39, 0.29) is 29.6 Å². The van der Waals surface area contributed by atoms with E-state index in [1.807, 2.05) is 6.92 Å². The van der Waals surface area contributed by atoms with Gasteiger partial charge in [-0.15, -0.1) is 0 Å². The van der Waals surface area contributed by atoms with Crippen LogP contribution in [0.25, 0.3) is 11.4 Å². The Morgan fingerprint density at radius 1 is 1.16 bits per heavy atom. The van der Waals surface area contributed by atoms with Gasteiger partial charge in [0, 0.05) is 18.2 Å². The number of phosphoric ester groups is 1. The Hall–Kier alpha value is -3.33. The van der Waals surface area contributed by atoms with Gasteiger partial charge in [0.15, 0.2) is 6.29 Å². The average Bonchev–Trinajstić information content (AvgIpc) is 3.21. The molecule has 0 saturated carbocycles. The maximum Gasteiger partial charge on any atom is 0.524 e. The summed E-state index contributed by atoms with van der Waals surface area (Å²) >= 11 is 0. The van der Waals surface area contributed by atoms with E-state index in [0.717, 1.165) is 0 Å². The van der Waals surface area contributed by atoms with Crippen molar-refractivity contribution in [3.8, 4) is 22.9 Å². The second-order valence-electron chi connectivity index (χ2n) is 6.44. The molecule has 0 amide bonds. The fourth-order valence-electron chi connectivity index (χ4n) is 2.92. The van der Waals surface area contributed by atoms with E-state index in [9.17, 15) is 14.2 Å². The minimum Gasteiger partial charge on any atom is -0.488 e.